The molecule has 0 spiro atoms. The van der Waals surface area contributed by atoms with Gasteiger partial charge >= 0.3 is 5.97 Å². The van der Waals surface area contributed by atoms with E-state index >= 15 is 0 Å². The minimum atomic E-state index is -0.799. The van der Waals surface area contributed by atoms with E-state index in [0.717, 1.165) is 18.4 Å². The Kier molecular flexibility index (Phi) is 6.73. The van der Waals surface area contributed by atoms with Crippen LogP contribution in [0.15, 0.2) is 24.3 Å². The highest BCUT2D eigenvalue weighted by molar-refractivity contribution is 5.98. The van der Waals surface area contributed by atoms with E-state index < -0.39 is 12.0 Å². The number of benzene rings is 1. The van der Waals surface area contributed by atoms with E-state index in [2.05, 4.69) is 17.0 Å². The summed E-state index contributed by atoms with van der Waals surface area (Å²) in [6, 6.07) is 6.57. The van der Waals surface area contributed by atoms with Crippen LogP contribution in [0.2, 0.25) is 0 Å². The Balaban J connectivity index is 2.86. The number of hydrogen-bond acceptors (Lipinski definition) is 4. The second kappa shape index (κ2) is 8.32. The van der Waals surface area contributed by atoms with Gasteiger partial charge in [0.2, 0.25) is 0 Å². The van der Waals surface area contributed by atoms with E-state index in [1.165, 1.54) is 14.2 Å². The summed E-state index contributed by atoms with van der Waals surface area (Å²) >= 11 is 0. The van der Waals surface area contributed by atoms with Gasteiger partial charge in [-0.05, 0) is 18.1 Å². The minimum Gasteiger partial charge on any atom is -0.467 e. The fourth-order valence-corrected chi connectivity index (χ4v) is 1.94. The van der Waals surface area contributed by atoms with Crippen molar-refractivity contribution in [2.24, 2.45) is 0 Å². The molecular weight excluding hydrogens is 258 g/mol. The van der Waals surface area contributed by atoms with Gasteiger partial charge in [0.05, 0.1) is 13.7 Å². The molecule has 0 heterocycles. The van der Waals surface area contributed by atoms with Gasteiger partial charge in [-0.3, -0.25) is 4.79 Å². The minimum absolute atomic E-state index is 0.0777. The SMILES string of the molecule is CCCc1ccccc1C(=O)NC(COC)C(=O)OC. The molecule has 1 amide bonds. The first-order valence-corrected chi connectivity index (χ1v) is 6.59. The summed E-state index contributed by atoms with van der Waals surface area (Å²) in [6.45, 7) is 2.13. The van der Waals surface area contributed by atoms with Crippen molar-refractivity contribution in [2.45, 2.75) is 25.8 Å². The van der Waals surface area contributed by atoms with Gasteiger partial charge in [-0.25, -0.2) is 4.79 Å². The predicted molar refractivity (Wildman–Crippen MR) is 75.6 cm³/mol. The third-order valence-corrected chi connectivity index (χ3v) is 2.91. The molecular formula is C15H21NO4. The molecule has 0 aliphatic rings. The molecule has 0 bridgehead atoms. The van der Waals surface area contributed by atoms with Gasteiger partial charge in [-0.2, -0.15) is 0 Å². The van der Waals surface area contributed by atoms with Gasteiger partial charge in [-0.1, -0.05) is 31.5 Å². The van der Waals surface area contributed by atoms with Crippen LogP contribution in [-0.2, 0) is 20.7 Å². The molecule has 5 nitrogen and oxygen atoms in total. The van der Waals surface area contributed by atoms with Gasteiger partial charge in [0, 0.05) is 12.7 Å². The van der Waals surface area contributed by atoms with Gasteiger partial charge in [-0.15, -0.1) is 0 Å². The summed E-state index contributed by atoms with van der Waals surface area (Å²) in [4.78, 5) is 23.8. The zero-order chi connectivity index (χ0) is 15.0. The molecule has 0 saturated carbocycles. The summed E-state index contributed by atoms with van der Waals surface area (Å²) in [6.07, 6.45) is 1.76. The molecule has 1 atom stereocenters. The molecule has 20 heavy (non-hydrogen) atoms. The lowest BCUT2D eigenvalue weighted by molar-refractivity contribution is -0.144. The number of esters is 1. The van der Waals surface area contributed by atoms with Crippen molar-refractivity contribution >= 4 is 11.9 Å². The maximum Gasteiger partial charge on any atom is 0.330 e. The van der Waals surface area contributed by atoms with Crippen molar-refractivity contribution < 1.29 is 19.1 Å². The van der Waals surface area contributed by atoms with Crippen LogP contribution in [0.3, 0.4) is 0 Å². The molecule has 1 N–H and O–H groups in total. The first-order valence-electron chi connectivity index (χ1n) is 6.59. The number of hydrogen-bond donors (Lipinski definition) is 1. The predicted octanol–water partition coefficient (Wildman–Crippen LogP) is 1.56. The fourth-order valence-electron chi connectivity index (χ4n) is 1.94. The molecule has 0 aliphatic heterocycles. The van der Waals surface area contributed by atoms with Crippen molar-refractivity contribution in [3.63, 3.8) is 0 Å². The Labute approximate surface area is 119 Å². The van der Waals surface area contributed by atoms with Crippen LogP contribution in [-0.4, -0.2) is 38.7 Å². The number of methoxy groups -OCH3 is 2. The fraction of sp³-hybridized carbons (Fsp3) is 0.467. The number of ether oxygens (including phenoxy) is 2. The molecule has 5 heteroatoms. The van der Waals surface area contributed by atoms with Crippen LogP contribution >= 0.6 is 0 Å². The molecule has 1 rings (SSSR count). The van der Waals surface area contributed by atoms with Crippen molar-refractivity contribution in [2.75, 3.05) is 20.8 Å². The van der Waals surface area contributed by atoms with E-state index in [-0.39, 0.29) is 12.5 Å². The van der Waals surface area contributed by atoms with Crippen LogP contribution in [0.1, 0.15) is 29.3 Å². The van der Waals surface area contributed by atoms with E-state index in [1.54, 1.807) is 12.1 Å². The third kappa shape index (κ3) is 4.35. The first-order chi connectivity index (χ1) is 9.63. The number of carbonyl (C=O) groups excluding carboxylic acids is 2. The highest BCUT2D eigenvalue weighted by atomic mass is 16.5. The van der Waals surface area contributed by atoms with E-state index in [4.69, 9.17) is 4.74 Å². The molecule has 110 valence electrons. The Morgan fingerprint density at radius 2 is 1.95 bits per heavy atom. The number of aryl methyl sites for hydroxylation is 1. The second-order valence-corrected chi connectivity index (χ2v) is 4.41. The maximum absolute atomic E-state index is 12.3. The number of carbonyl (C=O) groups is 2. The molecule has 1 aromatic rings. The maximum atomic E-state index is 12.3. The summed E-state index contributed by atoms with van der Waals surface area (Å²) in [5, 5.41) is 2.65. The topological polar surface area (TPSA) is 64.6 Å². The normalized spacial score (nSPS) is 11.8. The molecule has 1 unspecified atom stereocenters. The van der Waals surface area contributed by atoms with Gasteiger partial charge < -0.3 is 14.8 Å². The molecule has 0 aliphatic carbocycles. The van der Waals surface area contributed by atoms with Gasteiger partial charge in [0.15, 0.2) is 6.04 Å². The second-order valence-electron chi connectivity index (χ2n) is 4.41. The number of amides is 1. The summed E-state index contributed by atoms with van der Waals surface area (Å²) < 4.78 is 9.57. The Morgan fingerprint density at radius 3 is 2.55 bits per heavy atom. The molecule has 0 aromatic heterocycles. The van der Waals surface area contributed by atoms with Crippen LogP contribution in [0.25, 0.3) is 0 Å². The average molecular weight is 279 g/mol. The van der Waals surface area contributed by atoms with Crippen LogP contribution < -0.4 is 5.32 Å². The van der Waals surface area contributed by atoms with E-state index in [9.17, 15) is 9.59 Å². The van der Waals surface area contributed by atoms with Crippen LogP contribution in [0.4, 0.5) is 0 Å². The van der Waals surface area contributed by atoms with Crippen LogP contribution in [0, 0.1) is 0 Å². The molecule has 0 fully saturated rings. The molecule has 1 aromatic carbocycles. The summed E-state index contributed by atoms with van der Waals surface area (Å²) in [7, 11) is 2.75. The molecule has 0 saturated heterocycles. The Morgan fingerprint density at radius 1 is 1.25 bits per heavy atom. The lowest BCUT2D eigenvalue weighted by Crippen LogP contribution is -2.44. The van der Waals surface area contributed by atoms with Crippen molar-refractivity contribution in [1.29, 1.82) is 0 Å². The van der Waals surface area contributed by atoms with Gasteiger partial charge in [0.25, 0.3) is 5.91 Å². The number of rotatable bonds is 7. The highest BCUT2D eigenvalue weighted by Crippen LogP contribution is 2.11. The van der Waals surface area contributed by atoms with E-state index in [1.807, 2.05) is 12.1 Å². The van der Waals surface area contributed by atoms with E-state index in [0.29, 0.717) is 5.56 Å². The highest BCUT2D eigenvalue weighted by Gasteiger charge is 2.22. The largest absolute Gasteiger partial charge is 0.467 e. The lowest BCUT2D eigenvalue weighted by atomic mass is 10.0. The lowest BCUT2D eigenvalue weighted by Gasteiger charge is -2.16. The summed E-state index contributed by atoms with van der Waals surface area (Å²) in [5.41, 5.74) is 1.55. The van der Waals surface area contributed by atoms with Crippen molar-refractivity contribution in [1.82, 2.24) is 5.32 Å². The summed E-state index contributed by atoms with van der Waals surface area (Å²) in [5.74, 6) is -0.810. The molecule has 0 radical (unpaired) electrons. The van der Waals surface area contributed by atoms with Gasteiger partial charge in [0.1, 0.15) is 0 Å². The number of nitrogens with one attached hydrogen (secondary N) is 1. The monoisotopic (exact) mass is 279 g/mol. The zero-order valence-electron chi connectivity index (χ0n) is 12.1. The Hall–Kier alpha value is -1.88. The zero-order valence-corrected chi connectivity index (χ0v) is 12.1. The standard InChI is InChI=1S/C15H21NO4/c1-4-7-11-8-5-6-9-12(11)14(17)16-13(10-19-2)15(18)20-3/h5-6,8-9,13H,4,7,10H2,1-3H3,(H,16,17). The smallest absolute Gasteiger partial charge is 0.330 e. The first kappa shape index (κ1) is 16.2. The van der Waals surface area contributed by atoms with Crippen molar-refractivity contribution in [3.8, 4) is 0 Å². The van der Waals surface area contributed by atoms with Crippen LogP contribution in [0.5, 0.6) is 0 Å². The van der Waals surface area contributed by atoms with Crippen molar-refractivity contribution in [3.05, 3.63) is 35.4 Å². The Bertz CT molecular complexity index is 459. The quantitative estimate of drug-likeness (QED) is 0.769. The average Bonchev–Trinajstić information content (AvgIpc) is 2.46. The third-order valence-electron chi connectivity index (χ3n) is 2.91.